The van der Waals surface area contributed by atoms with Gasteiger partial charge in [-0.25, -0.2) is 0 Å². The molecule has 0 aromatic carbocycles. The molecular weight excluding hydrogens is 188 g/mol. The summed E-state index contributed by atoms with van der Waals surface area (Å²) in [6.07, 6.45) is 1.92. The molecule has 0 bridgehead atoms. The Morgan fingerprint density at radius 1 is 1.46 bits per heavy atom. The van der Waals surface area contributed by atoms with Gasteiger partial charge in [0, 0.05) is 5.92 Å². The number of alkyl halides is 1. The molecule has 0 saturated heterocycles. The van der Waals surface area contributed by atoms with Crippen molar-refractivity contribution in [3.05, 3.63) is 11.7 Å². The monoisotopic (exact) mass is 202 g/mol. The molecule has 1 aromatic heterocycles. The molecule has 0 aliphatic rings. The van der Waals surface area contributed by atoms with Crippen LogP contribution in [0.3, 0.4) is 0 Å². The molecule has 1 atom stereocenters. The highest BCUT2D eigenvalue weighted by Gasteiger charge is 2.16. The highest BCUT2D eigenvalue weighted by molar-refractivity contribution is 6.20. The Kier molecular flexibility index (Phi) is 3.72. The molecule has 1 unspecified atom stereocenters. The SMILES string of the molecule is CCCC(Cl)c1noc(C(C)C)n1. The lowest BCUT2D eigenvalue weighted by Crippen LogP contribution is -1.93. The summed E-state index contributed by atoms with van der Waals surface area (Å²) >= 11 is 6.04. The summed E-state index contributed by atoms with van der Waals surface area (Å²) in [6, 6.07) is 0. The Balaban J connectivity index is 2.67. The van der Waals surface area contributed by atoms with Gasteiger partial charge in [-0.05, 0) is 6.42 Å². The van der Waals surface area contributed by atoms with Crippen LogP contribution in [0.15, 0.2) is 4.52 Å². The Hall–Kier alpha value is -0.570. The number of halogens is 1. The van der Waals surface area contributed by atoms with E-state index in [1.165, 1.54) is 0 Å². The molecule has 1 aromatic rings. The van der Waals surface area contributed by atoms with Crippen LogP contribution >= 0.6 is 11.6 Å². The second-order valence-electron chi connectivity index (χ2n) is 3.40. The first-order chi connectivity index (χ1) is 6.15. The van der Waals surface area contributed by atoms with E-state index in [0.29, 0.717) is 11.7 Å². The Morgan fingerprint density at radius 2 is 2.15 bits per heavy atom. The van der Waals surface area contributed by atoms with Gasteiger partial charge >= 0.3 is 0 Å². The van der Waals surface area contributed by atoms with Crippen molar-refractivity contribution < 1.29 is 4.52 Å². The first-order valence-corrected chi connectivity index (χ1v) is 5.06. The van der Waals surface area contributed by atoms with Gasteiger partial charge in [0.1, 0.15) is 0 Å². The van der Waals surface area contributed by atoms with Crippen LogP contribution in [0.25, 0.3) is 0 Å². The summed E-state index contributed by atoms with van der Waals surface area (Å²) in [4.78, 5) is 4.22. The number of aromatic nitrogens is 2. The van der Waals surface area contributed by atoms with Crippen LogP contribution in [-0.2, 0) is 0 Å². The Labute approximate surface area is 83.5 Å². The minimum atomic E-state index is -0.110. The van der Waals surface area contributed by atoms with Crippen LogP contribution in [0.5, 0.6) is 0 Å². The van der Waals surface area contributed by atoms with Crippen LogP contribution in [0.2, 0.25) is 0 Å². The maximum atomic E-state index is 6.04. The average molecular weight is 203 g/mol. The molecular formula is C9H15ClN2O. The quantitative estimate of drug-likeness (QED) is 0.704. The number of hydrogen-bond acceptors (Lipinski definition) is 3. The Morgan fingerprint density at radius 3 is 2.62 bits per heavy atom. The fourth-order valence-corrected chi connectivity index (χ4v) is 1.30. The van der Waals surface area contributed by atoms with Crippen LogP contribution in [0.4, 0.5) is 0 Å². The van der Waals surface area contributed by atoms with Gasteiger partial charge in [-0.2, -0.15) is 4.98 Å². The Bertz CT molecular complexity index is 260. The summed E-state index contributed by atoms with van der Waals surface area (Å²) in [5.74, 6) is 1.55. The van der Waals surface area contributed by atoms with E-state index in [4.69, 9.17) is 16.1 Å². The third-order valence-corrected chi connectivity index (χ3v) is 2.19. The largest absolute Gasteiger partial charge is 0.339 e. The highest BCUT2D eigenvalue weighted by atomic mass is 35.5. The van der Waals surface area contributed by atoms with E-state index in [1.54, 1.807) is 0 Å². The fourth-order valence-electron chi connectivity index (χ4n) is 0.992. The number of nitrogens with zero attached hydrogens (tertiary/aromatic N) is 2. The zero-order chi connectivity index (χ0) is 9.84. The molecule has 0 saturated carbocycles. The molecule has 3 nitrogen and oxygen atoms in total. The highest BCUT2D eigenvalue weighted by Crippen LogP contribution is 2.24. The van der Waals surface area contributed by atoms with Crippen LogP contribution in [0, 0.1) is 0 Å². The van der Waals surface area contributed by atoms with Crippen LogP contribution in [0.1, 0.15) is 56.6 Å². The fraction of sp³-hybridized carbons (Fsp3) is 0.778. The van der Waals surface area contributed by atoms with Gasteiger partial charge in [0.05, 0.1) is 5.38 Å². The van der Waals surface area contributed by atoms with Crippen molar-refractivity contribution >= 4 is 11.6 Å². The number of hydrogen-bond donors (Lipinski definition) is 0. The second kappa shape index (κ2) is 4.61. The van der Waals surface area contributed by atoms with Crippen LogP contribution in [-0.4, -0.2) is 10.1 Å². The van der Waals surface area contributed by atoms with E-state index in [-0.39, 0.29) is 11.3 Å². The molecule has 0 spiro atoms. The molecule has 0 fully saturated rings. The van der Waals surface area contributed by atoms with Crippen molar-refractivity contribution in [3.63, 3.8) is 0 Å². The summed E-state index contributed by atoms with van der Waals surface area (Å²) < 4.78 is 5.05. The zero-order valence-corrected chi connectivity index (χ0v) is 9.01. The van der Waals surface area contributed by atoms with Gasteiger partial charge in [-0.15, -0.1) is 11.6 Å². The molecule has 0 N–H and O–H groups in total. The molecule has 13 heavy (non-hydrogen) atoms. The van der Waals surface area contributed by atoms with Crippen molar-refractivity contribution in [2.45, 2.75) is 44.9 Å². The normalized spacial score (nSPS) is 13.6. The molecule has 0 radical (unpaired) electrons. The predicted molar refractivity (Wildman–Crippen MR) is 51.9 cm³/mol. The first-order valence-electron chi connectivity index (χ1n) is 4.62. The third kappa shape index (κ3) is 2.69. The summed E-state index contributed by atoms with van der Waals surface area (Å²) in [6.45, 7) is 6.11. The van der Waals surface area contributed by atoms with E-state index >= 15 is 0 Å². The first kappa shape index (κ1) is 10.5. The average Bonchev–Trinajstić information content (AvgIpc) is 2.52. The maximum Gasteiger partial charge on any atom is 0.229 e. The third-order valence-electron chi connectivity index (χ3n) is 1.77. The van der Waals surface area contributed by atoms with Crippen molar-refractivity contribution in [2.75, 3.05) is 0 Å². The van der Waals surface area contributed by atoms with E-state index in [2.05, 4.69) is 17.1 Å². The molecule has 0 aliphatic heterocycles. The topological polar surface area (TPSA) is 38.9 Å². The lowest BCUT2D eigenvalue weighted by Gasteiger charge is -1.99. The molecule has 4 heteroatoms. The van der Waals surface area contributed by atoms with E-state index < -0.39 is 0 Å². The minimum absolute atomic E-state index is 0.110. The van der Waals surface area contributed by atoms with Gasteiger partial charge in [0.2, 0.25) is 5.89 Å². The summed E-state index contributed by atoms with van der Waals surface area (Å²) in [5, 5.41) is 3.73. The van der Waals surface area contributed by atoms with E-state index in [0.717, 1.165) is 12.8 Å². The maximum absolute atomic E-state index is 6.04. The summed E-state index contributed by atoms with van der Waals surface area (Å²) in [7, 11) is 0. The van der Waals surface area contributed by atoms with E-state index in [1.807, 2.05) is 13.8 Å². The van der Waals surface area contributed by atoms with Gasteiger partial charge in [-0.3, -0.25) is 0 Å². The van der Waals surface area contributed by atoms with Crippen LogP contribution < -0.4 is 0 Å². The molecule has 74 valence electrons. The van der Waals surface area contributed by atoms with Crippen molar-refractivity contribution in [1.29, 1.82) is 0 Å². The predicted octanol–water partition coefficient (Wildman–Crippen LogP) is 3.27. The van der Waals surface area contributed by atoms with Gasteiger partial charge in [0.25, 0.3) is 0 Å². The summed E-state index contributed by atoms with van der Waals surface area (Å²) in [5.41, 5.74) is 0. The molecule has 0 aliphatic carbocycles. The lowest BCUT2D eigenvalue weighted by atomic mass is 10.2. The second-order valence-corrected chi connectivity index (χ2v) is 3.93. The standard InChI is InChI=1S/C9H15ClN2O/c1-4-5-7(10)8-11-9(6(2)3)13-12-8/h6-7H,4-5H2,1-3H3. The van der Waals surface area contributed by atoms with E-state index in [9.17, 15) is 0 Å². The van der Waals surface area contributed by atoms with Crippen molar-refractivity contribution in [2.24, 2.45) is 0 Å². The van der Waals surface area contributed by atoms with Gasteiger partial charge in [-0.1, -0.05) is 32.3 Å². The van der Waals surface area contributed by atoms with Gasteiger partial charge in [0.15, 0.2) is 5.82 Å². The van der Waals surface area contributed by atoms with Crippen molar-refractivity contribution in [3.8, 4) is 0 Å². The minimum Gasteiger partial charge on any atom is -0.339 e. The van der Waals surface area contributed by atoms with Gasteiger partial charge < -0.3 is 4.52 Å². The smallest absolute Gasteiger partial charge is 0.229 e. The molecule has 1 rings (SSSR count). The lowest BCUT2D eigenvalue weighted by molar-refractivity contribution is 0.360. The van der Waals surface area contributed by atoms with Crippen molar-refractivity contribution in [1.82, 2.24) is 10.1 Å². The zero-order valence-electron chi connectivity index (χ0n) is 8.25. The number of rotatable bonds is 4. The molecule has 1 heterocycles. The molecule has 0 amide bonds.